The molecule has 0 spiro atoms. The average Bonchev–Trinajstić information content (AvgIpc) is 2.80. The van der Waals surface area contributed by atoms with Crippen molar-refractivity contribution in [1.29, 1.82) is 5.26 Å². The minimum atomic E-state index is -0.230. The molecule has 1 N–H and O–H groups in total. The summed E-state index contributed by atoms with van der Waals surface area (Å²) in [6.07, 6.45) is -0.132. The first kappa shape index (κ1) is 13.4. The molecule has 1 aromatic carbocycles. The Morgan fingerprint density at radius 3 is 3.05 bits per heavy atom. The monoisotopic (exact) mass is 276 g/mol. The molecule has 0 fully saturated rings. The molecule has 1 heterocycles. The van der Waals surface area contributed by atoms with Crippen molar-refractivity contribution in [3.8, 4) is 6.07 Å². The van der Waals surface area contributed by atoms with Gasteiger partial charge in [-0.05, 0) is 25.1 Å². The Morgan fingerprint density at radius 1 is 1.63 bits per heavy atom. The molecule has 19 heavy (non-hydrogen) atoms. The number of imidazole rings is 1. The van der Waals surface area contributed by atoms with E-state index in [1.165, 1.54) is 4.90 Å². The van der Waals surface area contributed by atoms with Crippen molar-refractivity contribution in [2.45, 2.75) is 19.4 Å². The van der Waals surface area contributed by atoms with Gasteiger partial charge in [0.1, 0.15) is 12.2 Å². The average molecular weight is 277 g/mol. The number of nitrogens with zero attached hydrogens (tertiary/aromatic N) is 3. The Bertz CT molecular complexity index is 658. The molecule has 0 saturated heterocycles. The Kier molecular flexibility index (Phi) is 3.72. The number of hydrogen-bond donors (Lipinski definition) is 1. The first-order chi connectivity index (χ1) is 9.02. The highest BCUT2D eigenvalue weighted by Gasteiger charge is 2.19. The first-order valence-electron chi connectivity index (χ1n) is 5.80. The number of fused-ring (bicyclic) bond motifs is 1. The van der Waals surface area contributed by atoms with Gasteiger partial charge in [-0.3, -0.25) is 4.79 Å². The Labute approximate surface area is 115 Å². The Balaban J connectivity index is 2.29. The highest BCUT2D eigenvalue weighted by molar-refractivity contribution is 6.31. The van der Waals surface area contributed by atoms with Gasteiger partial charge in [0.15, 0.2) is 0 Å². The van der Waals surface area contributed by atoms with Gasteiger partial charge in [-0.25, -0.2) is 4.98 Å². The molecule has 1 amide bonds. The molecule has 0 radical (unpaired) electrons. The molecule has 2 rings (SSSR count). The van der Waals surface area contributed by atoms with Gasteiger partial charge < -0.3 is 9.88 Å². The Hall–Kier alpha value is -2.06. The van der Waals surface area contributed by atoms with E-state index in [-0.39, 0.29) is 18.4 Å². The third-order valence-electron chi connectivity index (χ3n) is 3.06. The van der Waals surface area contributed by atoms with E-state index < -0.39 is 0 Å². The van der Waals surface area contributed by atoms with E-state index in [4.69, 9.17) is 16.9 Å². The van der Waals surface area contributed by atoms with Gasteiger partial charge in [0.25, 0.3) is 0 Å². The van der Waals surface area contributed by atoms with Crippen LogP contribution < -0.4 is 0 Å². The maximum absolute atomic E-state index is 11.7. The predicted molar refractivity (Wildman–Crippen MR) is 72.5 cm³/mol. The number of nitrogens with one attached hydrogen (secondary N) is 1. The summed E-state index contributed by atoms with van der Waals surface area (Å²) < 4.78 is 0. The normalized spacial score (nSPS) is 12.1. The number of rotatable bonds is 3. The van der Waals surface area contributed by atoms with Crippen molar-refractivity contribution in [1.82, 2.24) is 14.9 Å². The lowest BCUT2D eigenvalue weighted by atomic mass is 10.2. The highest BCUT2D eigenvalue weighted by atomic mass is 35.5. The third kappa shape index (κ3) is 2.69. The molecule has 98 valence electrons. The van der Waals surface area contributed by atoms with Crippen LogP contribution in [-0.4, -0.2) is 27.8 Å². The second kappa shape index (κ2) is 5.29. The van der Waals surface area contributed by atoms with Crippen LogP contribution >= 0.6 is 11.6 Å². The van der Waals surface area contributed by atoms with Crippen LogP contribution in [0.1, 0.15) is 25.2 Å². The number of aromatic amines is 1. The number of aromatic nitrogens is 2. The van der Waals surface area contributed by atoms with Crippen LogP contribution in [0.4, 0.5) is 0 Å². The molecular formula is C13H13ClN4O. The summed E-state index contributed by atoms with van der Waals surface area (Å²) in [5.74, 6) is 0.444. The maximum Gasteiger partial charge on any atom is 0.237 e. The van der Waals surface area contributed by atoms with E-state index in [2.05, 4.69) is 9.97 Å². The number of benzene rings is 1. The molecule has 1 aromatic heterocycles. The molecular weight excluding hydrogens is 264 g/mol. The molecule has 0 aliphatic rings. The van der Waals surface area contributed by atoms with Crippen LogP contribution in [0.25, 0.3) is 11.0 Å². The summed E-state index contributed by atoms with van der Waals surface area (Å²) >= 11 is 5.91. The number of amides is 1. The summed E-state index contributed by atoms with van der Waals surface area (Å²) in [6.45, 7) is 1.86. The van der Waals surface area contributed by atoms with Crippen LogP contribution in [0.15, 0.2) is 18.2 Å². The molecule has 0 bridgehead atoms. The number of halogens is 1. The van der Waals surface area contributed by atoms with E-state index in [9.17, 15) is 4.79 Å². The fourth-order valence-corrected chi connectivity index (χ4v) is 1.96. The summed E-state index contributed by atoms with van der Waals surface area (Å²) in [5, 5.41) is 9.18. The zero-order chi connectivity index (χ0) is 14.0. The second-order valence-electron chi connectivity index (χ2n) is 4.30. The fourth-order valence-electron chi connectivity index (χ4n) is 1.79. The van der Waals surface area contributed by atoms with Gasteiger partial charge in [-0.15, -0.1) is 0 Å². The van der Waals surface area contributed by atoms with Crippen LogP contribution in [0.5, 0.6) is 0 Å². The van der Waals surface area contributed by atoms with Crippen molar-refractivity contribution < 1.29 is 4.79 Å². The lowest BCUT2D eigenvalue weighted by molar-refractivity contribution is -0.130. The van der Waals surface area contributed by atoms with Crippen molar-refractivity contribution in [2.75, 3.05) is 7.05 Å². The van der Waals surface area contributed by atoms with Gasteiger partial charge in [-0.1, -0.05) is 11.6 Å². The van der Waals surface area contributed by atoms with Gasteiger partial charge in [-0.2, -0.15) is 5.26 Å². The van der Waals surface area contributed by atoms with Crippen LogP contribution in [0, 0.1) is 11.3 Å². The van der Waals surface area contributed by atoms with Crippen molar-refractivity contribution in [3.63, 3.8) is 0 Å². The molecule has 2 aromatic rings. The van der Waals surface area contributed by atoms with Crippen LogP contribution in [-0.2, 0) is 4.79 Å². The summed E-state index contributed by atoms with van der Waals surface area (Å²) in [6, 6.07) is 7.00. The zero-order valence-electron chi connectivity index (χ0n) is 10.6. The van der Waals surface area contributed by atoms with Crippen molar-refractivity contribution in [3.05, 3.63) is 29.0 Å². The lowest BCUT2D eigenvalue weighted by Crippen LogP contribution is -2.29. The number of carbonyl (C=O) groups is 1. The van der Waals surface area contributed by atoms with E-state index in [1.807, 2.05) is 19.1 Å². The van der Waals surface area contributed by atoms with Crippen LogP contribution in [0.3, 0.4) is 0 Å². The van der Waals surface area contributed by atoms with Gasteiger partial charge >= 0.3 is 0 Å². The third-order valence-corrected chi connectivity index (χ3v) is 3.30. The van der Waals surface area contributed by atoms with Gasteiger partial charge in [0.05, 0.1) is 23.1 Å². The number of H-pyrrole nitrogens is 1. The van der Waals surface area contributed by atoms with E-state index in [0.717, 1.165) is 11.0 Å². The smallest absolute Gasteiger partial charge is 0.237 e. The lowest BCUT2D eigenvalue weighted by Gasteiger charge is -2.22. The van der Waals surface area contributed by atoms with E-state index in [0.29, 0.717) is 10.8 Å². The predicted octanol–water partition coefficient (Wildman–Crippen LogP) is 2.65. The maximum atomic E-state index is 11.7. The van der Waals surface area contributed by atoms with Crippen molar-refractivity contribution in [2.24, 2.45) is 0 Å². The van der Waals surface area contributed by atoms with Crippen LogP contribution in [0.2, 0.25) is 5.02 Å². The molecule has 1 unspecified atom stereocenters. The minimum absolute atomic E-state index is 0.132. The molecule has 6 heteroatoms. The van der Waals surface area contributed by atoms with E-state index >= 15 is 0 Å². The van der Waals surface area contributed by atoms with Gasteiger partial charge in [0.2, 0.25) is 5.91 Å². The first-order valence-corrected chi connectivity index (χ1v) is 6.18. The summed E-state index contributed by atoms with van der Waals surface area (Å²) in [4.78, 5) is 20.7. The fraction of sp³-hybridized carbons (Fsp3) is 0.308. The number of nitriles is 1. The largest absolute Gasteiger partial charge is 0.340 e. The molecule has 0 saturated carbocycles. The van der Waals surface area contributed by atoms with E-state index in [1.54, 1.807) is 19.2 Å². The van der Waals surface area contributed by atoms with Crippen molar-refractivity contribution >= 4 is 28.5 Å². The molecule has 0 aliphatic heterocycles. The summed E-state index contributed by atoms with van der Waals surface area (Å²) in [7, 11) is 1.66. The second-order valence-corrected chi connectivity index (χ2v) is 4.74. The van der Waals surface area contributed by atoms with Gasteiger partial charge in [0, 0.05) is 12.1 Å². The molecule has 1 atom stereocenters. The quantitative estimate of drug-likeness (QED) is 0.936. The molecule has 5 nitrogen and oxygen atoms in total. The standard InChI is InChI=1S/C13H13ClN4O/c1-8(18(2)12(19)5-6-15)13-16-10-4-3-9(14)7-11(10)17-13/h3-4,7-8H,5H2,1-2H3,(H,16,17). The Morgan fingerprint density at radius 2 is 2.37 bits per heavy atom. The zero-order valence-corrected chi connectivity index (χ0v) is 11.4. The summed E-state index contributed by atoms with van der Waals surface area (Å²) in [5.41, 5.74) is 1.63. The highest BCUT2D eigenvalue weighted by Crippen LogP contribution is 2.22. The topological polar surface area (TPSA) is 72.8 Å². The number of carbonyl (C=O) groups excluding carboxylic acids is 1. The number of hydrogen-bond acceptors (Lipinski definition) is 3. The molecule has 0 aliphatic carbocycles. The SMILES string of the molecule is CC(c1nc2ccc(Cl)cc2[nH]1)N(C)C(=O)CC#N. The minimum Gasteiger partial charge on any atom is -0.340 e.